The third kappa shape index (κ3) is 4.38. The van der Waals surface area contributed by atoms with Gasteiger partial charge in [-0.2, -0.15) is 13.2 Å². The van der Waals surface area contributed by atoms with E-state index in [0.29, 0.717) is 32.1 Å². The Morgan fingerprint density at radius 3 is 2.56 bits per heavy atom. The Labute approximate surface area is 185 Å². The van der Waals surface area contributed by atoms with Gasteiger partial charge < -0.3 is 15.8 Å². The van der Waals surface area contributed by atoms with E-state index in [1.807, 2.05) is 36.4 Å². The third-order valence-electron chi connectivity index (χ3n) is 4.90. The molecule has 4 rings (SSSR count). The Bertz CT molecular complexity index is 1280. The molecular formula is C23H18F3N3O2S. The highest BCUT2D eigenvalue weighted by molar-refractivity contribution is 7.21. The Balaban J connectivity index is 1.53. The lowest BCUT2D eigenvalue weighted by molar-refractivity contribution is -0.137. The van der Waals surface area contributed by atoms with Gasteiger partial charge in [0.2, 0.25) is 0 Å². The number of alkyl halides is 3. The highest BCUT2D eigenvalue weighted by Gasteiger charge is 2.30. The second kappa shape index (κ2) is 8.51. The molecule has 0 aliphatic rings. The van der Waals surface area contributed by atoms with E-state index in [1.54, 1.807) is 7.11 Å². The van der Waals surface area contributed by atoms with Gasteiger partial charge >= 0.3 is 6.18 Å². The van der Waals surface area contributed by atoms with E-state index < -0.39 is 17.6 Å². The lowest BCUT2D eigenvalue weighted by atomic mass is 10.1. The number of nitrogens with one attached hydrogen (secondary N) is 1. The van der Waals surface area contributed by atoms with Crippen LogP contribution in [0.5, 0.6) is 5.75 Å². The van der Waals surface area contributed by atoms with Crippen molar-refractivity contribution < 1.29 is 22.7 Å². The smallest absolute Gasteiger partial charge is 0.416 e. The number of methoxy groups -OCH3 is 1. The van der Waals surface area contributed by atoms with Crippen LogP contribution in [-0.4, -0.2) is 18.0 Å². The maximum Gasteiger partial charge on any atom is 0.416 e. The number of fused-ring (bicyclic) bond motifs is 1. The fourth-order valence-corrected chi connectivity index (χ4v) is 4.19. The number of anilines is 1. The van der Waals surface area contributed by atoms with E-state index in [0.717, 1.165) is 34.7 Å². The minimum absolute atomic E-state index is 0.0765. The quantitative estimate of drug-likeness (QED) is 0.415. The number of aromatic nitrogens is 1. The van der Waals surface area contributed by atoms with Crippen LogP contribution < -0.4 is 15.8 Å². The number of carbonyl (C=O) groups excluding carboxylic acids is 1. The molecule has 2 aromatic carbocycles. The van der Waals surface area contributed by atoms with Crippen LogP contribution >= 0.6 is 11.3 Å². The number of amides is 1. The van der Waals surface area contributed by atoms with Gasteiger partial charge in [0.05, 0.1) is 24.1 Å². The highest BCUT2D eigenvalue weighted by atomic mass is 32.1. The van der Waals surface area contributed by atoms with Crippen LogP contribution in [0, 0.1) is 0 Å². The molecule has 32 heavy (non-hydrogen) atoms. The number of halogens is 3. The summed E-state index contributed by atoms with van der Waals surface area (Å²) in [5.41, 5.74) is 7.89. The van der Waals surface area contributed by atoms with Gasteiger partial charge in [0.1, 0.15) is 15.5 Å². The maximum atomic E-state index is 12.7. The van der Waals surface area contributed by atoms with Gasteiger partial charge in [-0.1, -0.05) is 24.3 Å². The molecule has 0 saturated carbocycles. The molecule has 9 heteroatoms. The summed E-state index contributed by atoms with van der Waals surface area (Å²) in [6, 6.07) is 15.7. The fourth-order valence-electron chi connectivity index (χ4n) is 3.18. The molecule has 4 aromatic rings. The molecule has 0 unspecified atom stereocenters. The Morgan fingerprint density at radius 1 is 1.12 bits per heavy atom. The van der Waals surface area contributed by atoms with Crippen molar-refractivity contribution in [3.05, 3.63) is 76.7 Å². The van der Waals surface area contributed by atoms with E-state index in [-0.39, 0.29) is 6.54 Å². The number of benzene rings is 2. The van der Waals surface area contributed by atoms with Gasteiger partial charge in [-0.15, -0.1) is 11.3 Å². The number of nitrogens with zero attached hydrogens (tertiary/aromatic N) is 1. The number of ether oxygens (including phenoxy) is 1. The van der Waals surface area contributed by atoms with E-state index in [9.17, 15) is 18.0 Å². The zero-order valence-corrected chi connectivity index (χ0v) is 17.7. The van der Waals surface area contributed by atoms with Gasteiger partial charge in [0.15, 0.2) is 0 Å². The van der Waals surface area contributed by atoms with E-state index >= 15 is 0 Å². The number of thiophene rings is 1. The molecule has 3 N–H and O–H groups in total. The van der Waals surface area contributed by atoms with E-state index in [4.69, 9.17) is 10.5 Å². The maximum absolute atomic E-state index is 12.7. The number of rotatable bonds is 5. The first kappa shape index (κ1) is 21.6. The van der Waals surface area contributed by atoms with Crippen LogP contribution in [0.25, 0.3) is 21.5 Å². The SMILES string of the molecule is COc1cccc(-c2ccc3c(N)c(C(=O)NCc4ccc(C(F)(F)F)cc4)sc3n2)c1. The molecule has 5 nitrogen and oxygen atoms in total. The van der Waals surface area contributed by atoms with Crippen molar-refractivity contribution in [2.24, 2.45) is 0 Å². The predicted molar refractivity (Wildman–Crippen MR) is 119 cm³/mol. The topological polar surface area (TPSA) is 77.2 Å². The minimum atomic E-state index is -4.40. The van der Waals surface area contributed by atoms with Crippen molar-refractivity contribution >= 4 is 33.1 Å². The summed E-state index contributed by atoms with van der Waals surface area (Å²) in [7, 11) is 1.59. The van der Waals surface area contributed by atoms with Crippen molar-refractivity contribution in [3.8, 4) is 17.0 Å². The Hall–Kier alpha value is -3.59. The lowest BCUT2D eigenvalue weighted by Gasteiger charge is -2.08. The van der Waals surface area contributed by atoms with Crippen molar-refractivity contribution in [2.75, 3.05) is 12.8 Å². The van der Waals surface area contributed by atoms with E-state index in [2.05, 4.69) is 10.3 Å². The number of hydrogen-bond donors (Lipinski definition) is 2. The van der Waals surface area contributed by atoms with Crippen molar-refractivity contribution in [1.29, 1.82) is 0 Å². The van der Waals surface area contributed by atoms with Crippen molar-refractivity contribution in [3.63, 3.8) is 0 Å². The molecular weight excluding hydrogens is 439 g/mol. The first-order valence-electron chi connectivity index (χ1n) is 9.54. The van der Waals surface area contributed by atoms with Crippen molar-refractivity contribution in [1.82, 2.24) is 10.3 Å². The summed E-state index contributed by atoms with van der Waals surface area (Å²) < 4.78 is 43.3. The molecule has 1 amide bonds. The molecule has 0 radical (unpaired) electrons. The summed E-state index contributed by atoms with van der Waals surface area (Å²) >= 11 is 1.16. The molecule has 0 spiro atoms. The average Bonchev–Trinajstić information content (AvgIpc) is 3.13. The molecule has 164 valence electrons. The third-order valence-corrected chi connectivity index (χ3v) is 6.01. The molecule has 0 bridgehead atoms. The van der Waals surface area contributed by atoms with Gasteiger partial charge in [-0.05, 0) is 42.0 Å². The first-order valence-corrected chi connectivity index (χ1v) is 10.4. The monoisotopic (exact) mass is 457 g/mol. The number of pyridine rings is 1. The zero-order valence-electron chi connectivity index (χ0n) is 16.9. The number of carbonyl (C=O) groups is 1. The standard InChI is InChI=1S/C23H18F3N3O2S/c1-31-16-4-2-3-14(11-16)18-10-9-17-19(27)20(32-22(17)29-18)21(30)28-12-13-5-7-15(8-6-13)23(24,25)26/h2-11H,12,27H2,1H3,(H,28,30). The molecule has 0 fully saturated rings. The summed E-state index contributed by atoms with van der Waals surface area (Å²) in [6.45, 7) is 0.0765. The van der Waals surface area contributed by atoms with Crippen LogP contribution in [0.3, 0.4) is 0 Å². The normalized spacial score (nSPS) is 11.5. The van der Waals surface area contributed by atoms with Crippen LogP contribution in [0.15, 0.2) is 60.7 Å². The summed E-state index contributed by atoms with van der Waals surface area (Å²) in [5.74, 6) is 0.298. The Kier molecular flexibility index (Phi) is 5.75. The molecule has 2 heterocycles. The molecule has 0 aliphatic heterocycles. The summed E-state index contributed by atoms with van der Waals surface area (Å²) in [4.78, 5) is 18.2. The van der Waals surface area contributed by atoms with Gasteiger partial charge in [-0.25, -0.2) is 4.98 Å². The summed E-state index contributed by atoms with van der Waals surface area (Å²) in [6.07, 6.45) is -4.40. The second-order valence-corrected chi connectivity index (χ2v) is 8.00. The lowest BCUT2D eigenvalue weighted by Crippen LogP contribution is -2.22. The predicted octanol–water partition coefficient (Wildman–Crippen LogP) is 5.50. The Morgan fingerprint density at radius 2 is 1.88 bits per heavy atom. The van der Waals surface area contributed by atoms with Gasteiger partial charge in [0.25, 0.3) is 5.91 Å². The fraction of sp³-hybridized carbons (Fsp3) is 0.130. The second-order valence-electron chi connectivity index (χ2n) is 7.00. The van der Waals surface area contributed by atoms with Crippen LogP contribution in [-0.2, 0) is 12.7 Å². The zero-order chi connectivity index (χ0) is 22.9. The summed E-state index contributed by atoms with van der Waals surface area (Å²) in [5, 5.41) is 3.37. The molecule has 0 atom stereocenters. The van der Waals surface area contributed by atoms with Gasteiger partial charge in [-0.3, -0.25) is 4.79 Å². The van der Waals surface area contributed by atoms with E-state index in [1.165, 1.54) is 12.1 Å². The molecule has 0 saturated heterocycles. The van der Waals surface area contributed by atoms with Crippen LogP contribution in [0.2, 0.25) is 0 Å². The minimum Gasteiger partial charge on any atom is -0.497 e. The van der Waals surface area contributed by atoms with Gasteiger partial charge in [0, 0.05) is 17.5 Å². The average molecular weight is 457 g/mol. The molecule has 2 aromatic heterocycles. The number of hydrogen-bond acceptors (Lipinski definition) is 5. The largest absolute Gasteiger partial charge is 0.497 e. The molecule has 0 aliphatic carbocycles. The highest BCUT2D eigenvalue weighted by Crippen LogP contribution is 2.35. The number of nitrogens with two attached hydrogens (primary N) is 1. The van der Waals surface area contributed by atoms with Crippen molar-refractivity contribution in [2.45, 2.75) is 12.7 Å². The first-order chi connectivity index (χ1) is 15.3. The number of nitrogen functional groups attached to an aromatic ring is 1. The van der Waals surface area contributed by atoms with Crippen LogP contribution in [0.4, 0.5) is 18.9 Å². The van der Waals surface area contributed by atoms with Crippen LogP contribution in [0.1, 0.15) is 20.8 Å².